The number of aliphatic hydroxyl groups excluding tert-OH is 1. The minimum Gasteiger partial charge on any atom is -0.388 e. The van der Waals surface area contributed by atoms with Crippen molar-refractivity contribution in [2.75, 3.05) is 12.4 Å². The number of hydrogen-bond acceptors (Lipinski definition) is 3. The molecule has 0 aliphatic carbocycles. The Balaban J connectivity index is 3.17. The summed E-state index contributed by atoms with van der Waals surface area (Å²) in [4.78, 5) is 10.4. The van der Waals surface area contributed by atoms with Crippen LogP contribution in [0.25, 0.3) is 0 Å². The topological polar surface area (TPSA) is 37.3 Å². The fraction of sp³-hybridized carbons (Fsp3) is 0.833. The molecule has 3 heteroatoms. The minimum absolute atomic E-state index is 0.135. The summed E-state index contributed by atoms with van der Waals surface area (Å²) in [5, 5.41) is 8.14. The van der Waals surface area contributed by atoms with Crippen molar-refractivity contribution in [3.05, 3.63) is 0 Å². The van der Waals surface area contributed by atoms with Crippen LogP contribution in [0.4, 0.5) is 0 Å². The predicted octanol–water partition coefficient (Wildman–Crippen LogP) is 0.895. The summed E-state index contributed by atoms with van der Waals surface area (Å²) in [7, 11) is 0. The highest BCUT2D eigenvalue weighted by molar-refractivity contribution is 8.13. The standard InChI is InChI=1S/C6H12O2S/c1-5(2)4-9-6(8)3-7/h5,7H,3-4H2,1-2H3. The molecular formula is C6H12O2S. The second-order valence-corrected chi connectivity index (χ2v) is 3.31. The van der Waals surface area contributed by atoms with E-state index in [1.807, 2.05) is 13.8 Å². The Morgan fingerprint density at radius 2 is 2.22 bits per heavy atom. The summed E-state index contributed by atoms with van der Waals surface area (Å²) in [6, 6.07) is 0. The van der Waals surface area contributed by atoms with Crippen LogP contribution in [-0.2, 0) is 4.79 Å². The molecule has 2 nitrogen and oxygen atoms in total. The van der Waals surface area contributed by atoms with Crippen LogP contribution in [0.15, 0.2) is 0 Å². The van der Waals surface area contributed by atoms with Gasteiger partial charge >= 0.3 is 0 Å². The van der Waals surface area contributed by atoms with Gasteiger partial charge in [0.2, 0.25) is 5.12 Å². The molecule has 0 aromatic heterocycles. The number of rotatable bonds is 3. The van der Waals surface area contributed by atoms with Gasteiger partial charge in [-0.1, -0.05) is 25.6 Å². The molecule has 54 valence electrons. The predicted molar refractivity (Wildman–Crippen MR) is 39.4 cm³/mol. The first kappa shape index (κ1) is 8.98. The van der Waals surface area contributed by atoms with E-state index in [1.165, 1.54) is 11.8 Å². The van der Waals surface area contributed by atoms with Crippen LogP contribution in [-0.4, -0.2) is 22.6 Å². The molecule has 0 aromatic rings. The van der Waals surface area contributed by atoms with Gasteiger partial charge in [0.15, 0.2) is 0 Å². The highest BCUT2D eigenvalue weighted by Crippen LogP contribution is 2.07. The van der Waals surface area contributed by atoms with Crippen LogP contribution in [0, 0.1) is 5.92 Å². The first-order chi connectivity index (χ1) is 4.16. The maximum Gasteiger partial charge on any atom is 0.214 e. The second-order valence-electron chi connectivity index (χ2n) is 2.23. The highest BCUT2D eigenvalue weighted by atomic mass is 32.2. The van der Waals surface area contributed by atoms with Crippen molar-refractivity contribution in [1.82, 2.24) is 0 Å². The number of thioether (sulfide) groups is 1. The summed E-state index contributed by atoms with van der Waals surface area (Å²) in [6.45, 7) is 3.74. The Kier molecular flexibility index (Phi) is 4.81. The lowest BCUT2D eigenvalue weighted by Crippen LogP contribution is -2.01. The fourth-order valence-electron chi connectivity index (χ4n) is 0.305. The van der Waals surface area contributed by atoms with E-state index < -0.39 is 0 Å². The van der Waals surface area contributed by atoms with E-state index in [0.29, 0.717) is 5.92 Å². The summed E-state index contributed by atoms with van der Waals surface area (Å²) < 4.78 is 0. The molecular weight excluding hydrogens is 136 g/mol. The van der Waals surface area contributed by atoms with Gasteiger partial charge in [-0.3, -0.25) is 4.79 Å². The smallest absolute Gasteiger partial charge is 0.214 e. The Labute approximate surface area is 59.6 Å². The molecule has 9 heavy (non-hydrogen) atoms. The molecule has 0 amide bonds. The zero-order chi connectivity index (χ0) is 7.28. The van der Waals surface area contributed by atoms with Crippen molar-refractivity contribution in [1.29, 1.82) is 0 Å². The molecule has 0 unspecified atom stereocenters. The molecule has 0 saturated heterocycles. The van der Waals surface area contributed by atoms with Gasteiger partial charge in [-0.05, 0) is 5.92 Å². The van der Waals surface area contributed by atoms with Gasteiger partial charge in [0, 0.05) is 5.75 Å². The SMILES string of the molecule is CC(C)CSC(=O)CO. The van der Waals surface area contributed by atoms with Crippen molar-refractivity contribution in [2.45, 2.75) is 13.8 Å². The Morgan fingerprint density at radius 3 is 2.56 bits per heavy atom. The van der Waals surface area contributed by atoms with Crippen LogP contribution < -0.4 is 0 Å². The monoisotopic (exact) mass is 148 g/mol. The zero-order valence-corrected chi connectivity index (χ0v) is 6.57. The van der Waals surface area contributed by atoms with Gasteiger partial charge in [-0.2, -0.15) is 0 Å². The van der Waals surface area contributed by atoms with Crippen LogP contribution >= 0.6 is 11.8 Å². The largest absolute Gasteiger partial charge is 0.388 e. The highest BCUT2D eigenvalue weighted by Gasteiger charge is 2.00. The quantitative estimate of drug-likeness (QED) is 0.646. The average Bonchev–Trinajstić information content (AvgIpc) is 1.83. The molecule has 0 aromatic carbocycles. The van der Waals surface area contributed by atoms with Gasteiger partial charge in [-0.25, -0.2) is 0 Å². The molecule has 0 rings (SSSR count). The summed E-state index contributed by atoms with van der Waals surface area (Å²) in [5.41, 5.74) is 0. The molecule has 0 heterocycles. The van der Waals surface area contributed by atoms with Crippen molar-refractivity contribution >= 4 is 16.9 Å². The van der Waals surface area contributed by atoms with E-state index >= 15 is 0 Å². The van der Waals surface area contributed by atoms with Gasteiger partial charge in [-0.15, -0.1) is 0 Å². The van der Waals surface area contributed by atoms with E-state index in [1.54, 1.807) is 0 Å². The lowest BCUT2D eigenvalue weighted by Gasteiger charge is -1.99. The Bertz CT molecular complexity index is 91.1. The molecule has 0 saturated carbocycles. The maximum atomic E-state index is 10.4. The number of carbonyl (C=O) groups is 1. The third kappa shape index (κ3) is 5.86. The summed E-state index contributed by atoms with van der Waals surface area (Å²) >= 11 is 1.20. The number of aliphatic hydroxyl groups is 1. The van der Waals surface area contributed by atoms with Gasteiger partial charge in [0.25, 0.3) is 0 Å². The van der Waals surface area contributed by atoms with Crippen molar-refractivity contribution in [3.63, 3.8) is 0 Å². The van der Waals surface area contributed by atoms with E-state index in [2.05, 4.69) is 0 Å². The molecule has 0 atom stereocenters. The summed E-state index contributed by atoms with van der Waals surface area (Å²) in [6.07, 6.45) is 0. The number of hydrogen-bond donors (Lipinski definition) is 1. The molecule has 0 aliphatic heterocycles. The molecule has 0 aliphatic rings. The fourth-order valence-corrected chi connectivity index (χ4v) is 0.916. The molecule has 0 spiro atoms. The van der Waals surface area contributed by atoms with Gasteiger partial charge < -0.3 is 5.11 Å². The third-order valence-electron chi connectivity index (χ3n) is 0.707. The zero-order valence-electron chi connectivity index (χ0n) is 5.76. The molecule has 0 bridgehead atoms. The van der Waals surface area contributed by atoms with E-state index in [0.717, 1.165) is 5.75 Å². The Morgan fingerprint density at radius 1 is 1.67 bits per heavy atom. The molecule has 0 fully saturated rings. The Hall–Kier alpha value is -0.0200. The van der Waals surface area contributed by atoms with Gasteiger partial charge in [0.05, 0.1) is 0 Å². The lowest BCUT2D eigenvalue weighted by molar-refractivity contribution is -0.113. The van der Waals surface area contributed by atoms with Crippen molar-refractivity contribution in [3.8, 4) is 0 Å². The van der Waals surface area contributed by atoms with Gasteiger partial charge in [0.1, 0.15) is 6.61 Å². The van der Waals surface area contributed by atoms with E-state index in [4.69, 9.17) is 5.11 Å². The number of carbonyl (C=O) groups excluding carboxylic acids is 1. The normalized spacial score (nSPS) is 10.2. The average molecular weight is 148 g/mol. The van der Waals surface area contributed by atoms with Crippen LogP contribution in [0.2, 0.25) is 0 Å². The van der Waals surface area contributed by atoms with E-state index in [9.17, 15) is 4.79 Å². The maximum absolute atomic E-state index is 10.4. The second kappa shape index (κ2) is 4.82. The third-order valence-corrected chi connectivity index (χ3v) is 1.99. The molecule has 1 N–H and O–H groups in total. The van der Waals surface area contributed by atoms with E-state index in [-0.39, 0.29) is 11.7 Å². The first-order valence-electron chi connectivity index (χ1n) is 2.93. The van der Waals surface area contributed by atoms with Crippen molar-refractivity contribution in [2.24, 2.45) is 5.92 Å². The van der Waals surface area contributed by atoms with Crippen LogP contribution in [0.3, 0.4) is 0 Å². The lowest BCUT2D eigenvalue weighted by atomic mass is 10.3. The first-order valence-corrected chi connectivity index (χ1v) is 3.92. The molecule has 0 radical (unpaired) electrons. The summed E-state index contributed by atoms with van der Waals surface area (Å²) in [5.74, 6) is 1.32. The van der Waals surface area contributed by atoms with Crippen molar-refractivity contribution < 1.29 is 9.90 Å². The van der Waals surface area contributed by atoms with Crippen LogP contribution in [0.5, 0.6) is 0 Å². The minimum atomic E-state index is -0.336. The van der Waals surface area contributed by atoms with Crippen LogP contribution in [0.1, 0.15) is 13.8 Å².